The number of phenols is 1. The summed E-state index contributed by atoms with van der Waals surface area (Å²) in [6.07, 6.45) is -0.652. The molecule has 23 heavy (non-hydrogen) atoms. The fraction of sp³-hybridized carbons (Fsp3) is 0.267. The number of nitrogens with zero attached hydrogens (tertiary/aromatic N) is 1. The maximum Gasteiger partial charge on any atom is 0.412 e. The van der Waals surface area contributed by atoms with E-state index in [2.05, 4.69) is 15.0 Å². The van der Waals surface area contributed by atoms with E-state index in [0.717, 1.165) is 0 Å². The zero-order valence-electron chi connectivity index (χ0n) is 12.8. The van der Waals surface area contributed by atoms with E-state index in [1.807, 2.05) is 0 Å². The molecule has 0 bridgehead atoms. The Kier molecular flexibility index (Phi) is 4.26. The molecule has 8 heteroatoms. The summed E-state index contributed by atoms with van der Waals surface area (Å²) < 4.78 is 9.78. The quantitative estimate of drug-likeness (QED) is 0.743. The highest BCUT2D eigenvalue weighted by atomic mass is 16.6. The zero-order valence-corrected chi connectivity index (χ0v) is 12.8. The van der Waals surface area contributed by atoms with Crippen molar-refractivity contribution >= 4 is 17.7 Å². The Morgan fingerprint density at radius 2 is 1.96 bits per heavy atom. The first-order valence-corrected chi connectivity index (χ1v) is 6.69. The summed E-state index contributed by atoms with van der Waals surface area (Å²) in [6, 6.07) is 5.43. The first-order chi connectivity index (χ1) is 10.7. The number of carboxylic acid groups (broad SMARTS) is 1. The average molecular weight is 320 g/mol. The number of ether oxygens (including phenoxy) is 1. The highest BCUT2D eigenvalue weighted by Crippen LogP contribution is 2.31. The molecular formula is C15H16N2O6. The van der Waals surface area contributed by atoms with Crippen molar-refractivity contribution in [3.63, 3.8) is 0 Å². The molecule has 122 valence electrons. The van der Waals surface area contributed by atoms with E-state index in [0.29, 0.717) is 5.69 Å². The van der Waals surface area contributed by atoms with E-state index < -0.39 is 17.7 Å². The number of amides is 1. The highest BCUT2D eigenvalue weighted by Gasteiger charge is 2.18. The molecule has 1 aromatic carbocycles. The molecule has 0 saturated heterocycles. The van der Waals surface area contributed by atoms with Gasteiger partial charge in [-0.2, -0.15) is 0 Å². The number of benzene rings is 1. The van der Waals surface area contributed by atoms with Crippen LogP contribution in [-0.2, 0) is 4.74 Å². The Bertz CT molecular complexity index is 745. The van der Waals surface area contributed by atoms with Crippen LogP contribution in [0, 0.1) is 0 Å². The van der Waals surface area contributed by atoms with Crippen LogP contribution in [0.3, 0.4) is 0 Å². The first kappa shape index (κ1) is 16.3. The van der Waals surface area contributed by atoms with Gasteiger partial charge in [-0.15, -0.1) is 0 Å². The molecule has 1 heterocycles. The number of phenolic OH excluding ortho intramolecular Hbond substituents is 1. The molecule has 8 nitrogen and oxygen atoms in total. The summed E-state index contributed by atoms with van der Waals surface area (Å²) in [7, 11) is 0. The van der Waals surface area contributed by atoms with Gasteiger partial charge in [0.05, 0.1) is 0 Å². The number of carboxylic acids is 1. The monoisotopic (exact) mass is 320 g/mol. The van der Waals surface area contributed by atoms with Crippen LogP contribution in [0.4, 0.5) is 10.5 Å². The first-order valence-electron chi connectivity index (χ1n) is 6.69. The van der Waals surface area contributed by atoms with E-state index in [1.165, 1.54) is 24.3 Å². The van der Waals surface area contributed by atoms with E-state index in [-0.39, 0.29) is 22.8 Å². The standard InChI is InChI=1S/C15H16N2O6/c1-15(2,3)22-14(21)16-8-4-5-11(18)9(6-8)10-7-12(13(19)20)23-17-10/h4-7,18H,1-3H3,(H,16,21)(H,19,20). The van der Waals surface area contributed by atoms with Gasteiger partial charge in [-0.3, -0.25) is 5.32 Å². The summed E-state index contributed by atoms with van der Waals surface area (Å²) >= 11 is 0. The summed E-state index contributed by atoms with van der Waals surface area (Å²) in [6.45, 7) is 5.20. The van der Waals surface area contributed by atoms with E-state index >= 15 is 0 Å². The Balaban J connectivity index is 2.25. The summed E-state index contributed by atoms with van der Waals surface area (Å²) in [5, 5.41) is 24.8. The largest absolute Gasteiger partial charge is 0.507 e. The number of anilines is 1. The molecule has 0 radical (unpaired) electrons. The fourth-order valence-electron chi connectivity index (χ4n) is 1.74. The smallest absolute Gasteiger partial charge is 0.412 e. The second kappa shape index (κ2) is 5.99. The van der Waals surface area contributed by atoms with Gasteiger partial charge in [0.15, 0.2) is 0 Å². The Labute approximate surface area is 131 Å². The van der Waals surface area contributed by atoms with E-state index in [9.17, 15) is 14.7 Å². The predicted molar refractivity (Wildman–Crippen MR) is 80.4 cm³/mol. The number of carbonyl (C=O) groups excluding carboxylic acids is 1. The van der Waals surface area contributed by atoms with Crippen molar-refractivity contribution in [2.75, 3.05) is 5.32 Å². The van der Waals surface area contributed by atoms with Crippen molar-refractivity contribution in [2.45, 2.75) is 26.4 Å². The molecular weight excluding hydrogens is 304 g/mol. The normalized spacial score (nSPS) is 11.1. The minimum atomic E-state index is -1.27. The van der Waals surface area contributed by atoms with Gasteiger partial charge in [-0.1, -0.05) is 5.16 Å². The number of hydrogen-bond acceptors (Lipinski definition) is 6. The van der Waals surface area contributed by atoms with Gasteiger partial charge < -0.3 is 19.5 Å². The van der Waals surface area contributed by atoms with Gasteiger partial charge in [0.25, 0.3) is 0 Å². The number of carbonyl (C=O) groups is 2. The second-order valence-electron chi connectivity index (χ2n) is 5.74. The van der Waals surface area contributed by atoms with Gasteiger partial charge in [-0.05, 0) is 39.0 Å². The van der Waals surface area contributed by atoms with Gasteiger partial charge in [0, 0.05) is 17.3 Å². The van der Waals surface area contributed by atoms with Gasteiger partial charge in [0.1, 0.15) is 17.0 Å². The van der Waals surface area contributed by atoms with Crippen LogP contribution in [0.15, 0.2) is 28.8 Å². The zero-order chi connectivity index (χ0) is 17.2. The minimum Gasteiger partial charge on any atom is -0.507 e. The molecule has 0 spiro atoms. The third-order valence-electron chi connectivity index (χ3n) is 2.64. The molecule has 1 amide bonds. The Morgan fingerprint density at radius 1 is 1.26 bits per heavy atom. The third kappa shape index (κ3) is 4.22. The molecule has 0 unspecified atom stereocenters. The van der Waals surface area contributed by atoms with Crippen molar-refractivity contribution in [1.29, 1.82) is 0 Å². The van der Waals surface area contributed by atoms with Crippen molar-refractivity contribution in [3.05, 3.63) is 30.0 Å². The SMILES string of the molecule is CC(C)(C)OC(=O)Nc1ccc(O)c(-c2cc(C(=O)O)on2)c1. The number of aromatic hydroxyl groups is 1. The van der Waals surface area contributed by atoms with Gasteiger partial charge in [0.2, 0.25) is 5.76 Å². The maximum atomic E-state index is 11.7. The minimum absolute atomic E-state index is 0.132. The molecule has 0 aliphatic rings. The summed E-state index contributed by atoms with van der Waals surface area (Å²) in [4.78, 5) is 22.6. The van der Waals surface area contributed by atoms with Gasteiger partial charge in [-0.25, -0.2) is 9.59 Å². The van der Waals surface area contributed by atoms with Crippen molar-refractivity contribution in [3.8, 4) is 17.0 Å². The van der Waals surface area contributed by atoms with E-state index in [4.69, 9.17) is 9.84 Å². The van der Waals surface area contributed by atoms with Crippen LogP contribution in [0.2, 0.25) is 0 Å². The Morgan fingerprint density at radius 3 is 2.52 bits per heavy atom. The average Bonchev–Trinajstić information content (AvgIpc) is 2.88. The third-order valence-corrected chi connectivity index (χ3v) is 2.64. The lowest BCUT2D eigenvalue weighted by Gasteiger charge is -2.19. The van der Waals surface area contributed by atoms with Crippen LogP contribution >= 0.6 is 0 Å². The molecule has 2 rings (SSSR count). The number of hydrogen-bond donors (Lipinski definition) is 3. The molecule has 2 aromatic rings. The molecule has 0 fully saturated rings. The topological polar surface area (TPSA) is 122 Å². The molecule has 3 N–H and O–H groups in total. The predicted octanol–water partition coefficient (Wildman–Crippen LogP) is 3.09. The van der Waals surface area contributed by atoms with Crippen molar-refractivity contribution in [1.82, 2.24) is 5.16 Å². The van der Waals surface area contributed by atoms with Crippen LogP contribution in [0.25, 0.3) is 11.3 Å². The highest BCUT2D eigenvalue weighted by molar-refractivity contribution is 5.88. The number of nitrogens with one attached hydrogen (secondary N) is 1. The molecule has 0 saturated carbocycles. The van der Waals surface area contributed by atoms with Crippen LogP contribution in [0.5, 0.6) is 5.75 Å². The number of rotatable bonds is 3. The number of aromatic carboxylic acids is 1. The lowest BCUT2D eigenvalue weighted by molar-refractivity contribution is 0.0630. The molecule has 0 atom stereocenters. The lowest BCUT2D eigenvalue weighted by atomic mass is 10.1. The molecule has 0 aliphatic carbocycles. The van der Waals surface area contributed by atoms with E-state index in [1.54, 1.807) is 20.8 Å². The molecule has 1 aromatic heterocycles. The fourth-order valence-corrected chi connectivity index (χ4v) is 1.74. The summed E-state index contributed by atoms with van der Waals surface area (Å²) in [5.74, 6) is -1.76. The van der Waals surface area contributed by atoms with Crippen LogP contribution in [-0.4, -0.2) is 33.0 Å². The lowest BCUT2D eigenvalue weighted by Crippen LogP contribution is -2.27. The molecule has 0 aliphatic heterocycles. The van der Waals surface area contributed by atoms with Crippen molar-refractivity contribution < 1.29 is 29.1 Å². The van der Waals surface area contributed by atoms with Crippen LogP contribution in [0.1, 0.15) is 31.3 Å². The maximum absolute atomic E-state index is 11.7. The summed E-state index contributed by atoms with van der Waals surface area (Å²) in [5.41, 5.74) is 0.0567. The Hall–Kier alpha value is -3.03. The second-order valence-corrected chi connectivity index (χ2v) is 5.74. The van der Waals surface area contributed by atoms with Gasteiger partial charge >= 0.3 is 12.1 Å². The van der Waals surface area contributed by atoms with Crippen LogP contribution < -0.4 is 5.32 Å². The van der Waals surface area contributed by atoms with Crippen molar-refractivity contribution in [2.24, 2.45) is 0 Å². The number of aromatic nitrogens is 1.